The average Bonchev–Trinajstić information content (AvgIpc) is 2.99. The minimum Gasteiger partial charge on any atom is -0.398 e. The van der Waals surface area contributed by atoms with Gasteiger partial charge in [0.25, 0.3) is 5.91 Å². The second-order valence-corrected chi connectivity index (χ2v) is 4.80. The molecule has 21 heavy (non-hydrogen) atoms. The third kappa shape index (κ3) is 3.81. The smallest absolute Gasteiger partial charge is 0.273 e. The molecular formula is C17H20N2O2. The van der Waals surface area contributed by atoms with Crippen LogP contribution in [-0.2, 0) is 9.63 Å². The maximum absolute atomic E-state index is 11.9. The number of carbonyl (C=O) groups is 1. The van der Waals surface area contributed by atoms with Gasteiger partial charge in [0, 0.05) is 7.05 Å². The maximum Gasteiger partial charge on any atom is 0.273 e. The van der Waals surface area contributed by atoms with Gasteiger partial charge in [-0.05, 0) is 36.0 Å². The lowest BCUT2D eigenvalue weighted by molar-refractivity contribution is -0.114. The first kappa shape index (κ1) is 15.0. The number of oxime groups is 1. The highest BCUT2D eigenvalue weighted by molar-refractivity contribution is 6.45. The van der Waals surface area contributed by atoms with Crippen molar-refractivity contribution in [2.45, 2.75) is 19.3 Å². The third-order valence-corrected chi connectivity index (χ3v) is 3.45. The molecule has 1 N–H and O–H groups in total. The third-order valence-electron chi connectivity index (χ3n) is 3.45. The Kier molecular flexibility index (Phi) is 5.32. The summed E-state index contributed by atoms with van der Waals surface area (Å²) in [6.07, 6.45) is 6.98. The molecule has 4 heteroatoms. The number of nitrogens with one attached hydrogen (secondary N) is 1. The highest BCUT2D eigenvalue weighted by Crippen LogP contribution is 2.29. The Morgan fingerprint density at radius 2 is 2.00 bits per heavy atom. The van der Waals surface area contributed by atoms with E-state index in [4.69, 9.17) is 4.84 Å². The fourth-order valence-corrected chi connectivity index (χ4v) is 2.43. The van der Waals surface area contributed by atoms with Crippen LogP contribution in [0.3, 0.4) is 0 Å². The van der Waals surface area contributed by atoms with Gasteiger partial charge in [-0.15, -0.1) is 0 Å². The first-order valence-corrected chi connectivity index (χ1v) is 7.05. The number of allylic oxidation sites excluding steroid dienone is 2. The van der Waals surface area contributed by atoms with E-state index in [1.807, 2.05) is 18.2 Å². The topological polar surface area (TPSA) is 50.7 Å². The van der Waals surface area contributed by atoms with Crippen molar-refractivity contribution in [3.05, 3.63) is 53.1 Å². The molecule has 1 aliphatic carbocycles. The van der Waals surface area contributed by atoms with Crippen molar-refractivity contribution in [1.29, 1.82) is 0 Å². The Bertz CT molecular complexity index is 586. The highest BCUT2D eigenvalue weighted by atomic mass is 16.6. The van der Waals surface area contributed by atoms with Gasteiger partial charge in [0.2, 0.25) is 0 Å². The Morgan fingerprint density at radius 3 is 2.67 bits per heavy atom. The fourth-order valence-electron chi connectivity index (χ4n) is 2.43. The van der Waals surface area contributed by atoms with E-state index in [0.29, 0.717) is 5.71 Å². The summed E-state index contributed by atoms with van der Waals surface area (Å²) in [5, 5.41) is 6.51. The zero-order valence-electron chi connectivity index (χ0n) is 12.4. The molecule has 110 valence electrons. The summed E-state index contributed by atoms with van der Waals surface area (Å²) in [7, 11) is 3.06. The van der Waals surface area contributed by atoms with Gasteiger partial charge in [-0.25, -0.2) is 0 Å². The molecule has 0 saturated heterocycles. The molecule has 1 aliphatic rings. The van der Waals surface area contributed by atoms with Crippen LogP contribution in [0.5, 0.6) is 0 Å². The fraction of sp³-hybridized carbons (Fsp3) is 0.294. The van der Waals surface area contributed by atoms with E-state index >= 15 is 0 Å². The molecule has 1 aromatic rings. The van der Waals surface area contributed by atoms with Crippen molar-refractivity contribution < 1.29 is 9.63 Å². The molecule has 2 rings (SSSR count). The lowest BCUT2D eigenvalue weighted by atomic mass is 10.0. The molecule has 1 aromatic carbocycles. The molecule has 0 atom stereocenters. The summed E-state index contributed by atoms with van der Waals surface area (Å²) in [5.41, 5.74) is 3.65. The second-order valence-electron chi connectivity index (χ2n) is 4.80. The molecule has 0 fully saturated rings. The number of nitrogens with zero attached hydrogens (tertiary/aromatic N) is 1. The largest absolute Gasteiger partial charge is 0.398 e. The molecule has 0 bridgehead atoms. The van der Waals surface area contributed by atoms with Crippen LogP contribution in [0.15, 0.2) is 52.7 Å². The molecule has 0 radical (unpaired) electrons. The quantitative estimate of drug-likeness (QED) is 0.667. The van der Waals surface area contributed by atoms with Gasteiger partial charge in [-0.1, -0.05) is 47.6 Å². The van der Waals surface area contributed by atoms with Crippen molar-refractivity contribution in [1.82, 2.24) is 5.32 Å². The molecule has 0 spiro atoms. The van der Waals surface area contributed by atoms with Crippen molar-refractivity contribution in [2.24, 2.45) is 5.16 Å². The number of hydrogen-bond acceptors (Lipinski definition) is 3. The monoisotopic (exact) mass is 284 g/mol. The highest BCUT2D eigenvalue weighted by Gasteiger charge is 2.23. The summed E-state index contributed by atoms with van der Waals surface area (Å²) in [4.78, 5) is 16.7. The van der Waals surface area contributed by atoms with E-state index in [9.17, 15) is 4.79 Å². The van der Waals surface area contributed by atoms with Gasteiger partial charge < -0.3 is 10.2 Å². The Labute approximate surface area is 125 Å². The first-order chi connectivity index (χ1) is 10.3. The average molecular weight is 284 g/mol. The second kappa shape index (κ2) is 7.43. The van der Waals surface area contributed by atoms with Crippen LogP contribution in [0.25, 0.3) is 6.08 Å². The molecule has 0 saturated carbocycles. The van der Waals surface area contributed by atoms with Crippen LogP contribution in [-0.4, -0.2) is 25.8 Å². The van der Waals surface area contributed by atoms with Crippen LogP contribution in [0.2, 0.25) is 0 Å². The van der Waals surface area contributed by atoms with Crippen LogP contribution < -0.4 is 5.32 Å². The first-order valence-electron chi connectivity index (χ1n) is 7.05. The van der Waals surface area contributed by atoms with Crippen LogP contribution in [0, 0.1) is 0 Å². The predicted octanol–water partition coefficient (Wildman–Crippen LogP) is 2.93. The number of carbonyl (C=O) groups excluding carboxylic acids is 1. The summed E-state index contributed by atoms with van der Waals surface area (Å²) < 4.78 is 0. The number of hydrogen-bond donors (Lipinski definition) is 1. The van der Waals surface area contributed by atoms with Crippen LogP contribution >= 0.6 is 0 Å². The number of rotatable bonds is 5. The van der Waals surface area contributed by atoms with Gasteiger partial charge in [-0.2, -0.15) is 0 Å². The Hall–Kier alpha value is -2.36. The van der Waals surface area contributed by atoms with Crippen molar-refractivity contribution in [3.63, 3.8) is 0 Å². The van der Waals surface area contributed by atoms with E-state index in [1.54, 1.807) is 7.05 Å². The van der Waals surface area contributed by atoms with Crippen molar-refractivity contribution >= 4 is 17.7 Å². The van der Waals surface area contributed by atoms with Crippen LogP contribution in [0.4, 0.5) is 0 Å². The molecular weight excluding hydrogens is 264 g/mol. The van der Waals surface area contributed by atoms with E-state index in [0.717, 1.165) is 36.0 Å². The number of amides is 1. The van der Waals surface area contributed by atoms with Crippen molar-refractivity contribution in [3.8, 4) is 0 Å². The summed E-state index contributed by atoms with van der Waals surface area (Å²) in [5.74, 6) is -0.209. The molecule has 0 unspecified atom stereocenters. The van der Waals surface area contributed by atoms with Gasteiger partial charge in [0.05, 0.1) is 0 Å². The summed E-state index contributed by atoms with van der Waals surface area (Å²) >= 11 is 0. The van der Waals surface area contributed by atoms with Crippen LogP contribution in [0.1, 0.15) is 24.8 Å². The van der Waals surface area contributed by atoms with Gasteiger partial charge in [0.1, 0.15) is 7.11 Å². The lowest BCUT2D eigenvalue weighted by Crippen LogP contribution is -2.29. The Morgan fingerprint density at radius 1 is 1.24 bits per heavy atom. The van der Waals surface area contributed by atoms with E-state index in [2.05, 4.69) is 34.8 Å². The lowest BCUT2D eigenvalue weighted by Gasteiger charge is -2.07. The molecule has 4 nitrogen and oxygen atoms in total. The summed E-state index contributed by atoms with van der Waals surface area (Å²) in [6.45, 7) is 0. The zero-order chi connectivity index (χ0) is 15.1. The Balaban J connectivity index is 2.29. The maximum atomic E-state index is 11.9. The summed E-state index contributed by atoms with van der Waals surface area (Å²) in [6, 6.07) is 10.1. The SMILES string of the molecule is CNC(=O)/C(=N/OC)C1=C(/C=C/c2ccccc2)CCC1. The molecule has 0 heterocycles. The normalized spacial score (nSPS) is 15.6. The van der Waals surface area contributed by atoms with E-state index in [1.165, 1.54) is 7.11 Å². The molecule has 1 amide bonds. The molecule has 0 aliphatic heterocycles. The van der Waals surface area contributed by atoms with Gasteiger partial charge >= 0.3 is 0 Å². The number of benzene rings is 1. The minimum absolute atomic E-state index is 0.209. The van der Waals surface area contributed by atoms with E-state index < -0.39 is 0 Å². The minimum atomic E-state index is -0.209. The van der Waals surface area contributed by atoms with Gasteiger partial charge in [0.15, 0.2) is 5.71 Å². The van der Waals surface area contributed by atoms with Crippen molar-refractivity contribution in [2.75, 3.05) is 14.2 Å². The zero-order valence-corrected chi connectivity index (χ0v) is 12.4. The van der Waals surface area contributed by atoms with E-state index in [-0.39, 0.29) is 5.91 Å². The standard InChI is InChI=1S/C17H20N2O2/c1-18-17(20)16(19-21-2)15-10-6-9-14(15)12-11-13-7-4-3-5-8-13/h3-5,7-8,11-12H,6,9-10H2,1-2H3,(H,18,20)/b12-11+,19-16+. The van der Waals surface area contributed by atoms with Gasteiger partial charge in [-0.3, -0.25) is 4.79 Å². The predicted molar refractivity (Wildman–Crippen MR) is 84.9 cm³/mol. The molecule has 0 aromatic heterocycles.